The van der Waals surface area contributed by atoms with Crippen LogP contribution in [0, 0.1) is 0 Å². The number of nitrogens with one attached hydrogen (secondary N) is 1. The molecule has 0 aromatic heterocycles. The second kappa shape index (κ2) is 53.0. The second-order valence-electron chi connectivity index (χ2n) is 19.0. The van der Waals surface area contributed by atoms with E-state index in [1.807, 2.05) is 6.08 Å². The van der Waals surface area contributed by atoms with Crippen LogP contribution in [0.25, 0.3) is 0 Å². The van der Waals surface area contributed by atoms with E-state index in [0.717, 1.165) is 135 Å². The Labute approximate surface area is 456 Å². The van der Waals surface area contributed by atoms with E-state index in [1.54, 1.807) is 6.08 Å². The molecule has 1 rings (SSSR count). The Balaban J connectivity index is 2.16. The van der Waals surface area contributed by atoms with Gasteiger partial charge in [0.25, 0.3) is 0 Å². The van der Waals surface area contributed by atoms with Gasteiger partial charge in [-0.2, -0.15) is 0 Å². The highest BCUT2D eigenvalue weighted by Gasteiger charge is 2.44. The van der Waals surface area contributed by atoms with Crippen LogP contribution in [0.5, 0.6) is 0 Å². The lowest BCUT2D eigenvalue weighted by molar-refractivity contribution is -0.302. The Kier molecular flexibility index (Phi) is 48.4. The third kappa shape index (κ3) is 42.4. The van der Waals surface area contributed by atoms with Crippen molar-refractivity contribution < 1.29 is 39.8 Å². The molecule has 7 atom stereocenters. The van der Waals surface area contributed by atoms with Crippen molar-refractivity contribution in [3.05, 3.63) is 170 Å². The van der Waals surface area contributed by atoms with Crippen molar-refractivity contribution in [2.75, 3.05) is 13.2 Å². The van der Waals surface area contributed by atoms with Crippen LogP contribution in [0.3, 0.4) is 0 Å². The Morgan fingerprint density at radius 3 is 1.27 bits per heavy atom. The van der Waals surface area contributed by atoms with Gasteiger partial charge in [-0.05, 0) is 122 Å². The minimum absolute atomic E-state index is 0.213. The molecule has 0 aliphatic carbocycles. The Bertz CT molecular complexity index is 1770. The van der Waals surface area contributed by atoms with Gasteiger partial charge in [-0.1, -0.05) is 223 Å². The van der Waals surface area contributed by atoms with Gasteiger partial charge in [0.1, 0.15) is 24.4 Å². The summed E-state index contributed by atoms with van der Waals surface area (Å²) in [5, 5.41) is 54.2. The molecule has 1 amide bonds. The number of carbonyl (C=O) groups excluding carboxylic acids is 1. The average Bonchev–Trinajstić information content (AvgIpc) is 3.41. The summed E-state index contributed by atoms with van der Waals surface area (Å²) in [5.41, 5.74) is 0. The summed E-state index contributed by atoms with van der Waals surface area (Å²) in [6, 6.07) is -0.845. The first-order valence-electron chi connectivity index (χ1n) is 28.9. The molecule has 7 unspecified atom stereocenters. The molecule has 1 aliphatic rings. The molecule has 0 radical (unpaired) electrons. The Morgan fingerprint density at radius 2 is 0.840 bits per heavy atom. The van der Waals surface area contributed by atoms with E-state index in [9.17, 15) is 30.3 Å². The fraction of sp³-hybridized carbons (Fsp3) is 0.561. The number of aliphatic hydroxyl groups is 5. The van der Waals surface area contributed by atoms with Crippen molar-refractivity contribution in [3.63, 3.8) is 0 Å². The number of carbonyl (C=O) groups is 1. The molecule has 75 heavy (non-hydrogen) atoms. The molecule has 9 heteroatoms. The summed E-state index contributed by atoms with van der Waals surface area (Å²) < 4.78 is 11.2. The molecular weight excluding hydrogens is 935 g/mol. The number of hydrogen-bond donors (Lipinski definition) is 6. The summed E-state index contributed by atoms with van der Waals surface area (Å²) in [7, 11) is 0. The third-order valence-corrected chi connectivity index (χ3v) is 12.2. The molecule has 0 aromatic carbocycles. The number of ether oxygens (including phenoxy) is 2. The molecule has 1 saturated heterocycles. The van der Waals surface area contributed by atoms with Gasteiger partial charge in [0.15, 0.2) is 6.29 Å². The lowest BCUT2D eigenvalue weighted by atomic mass is 9.99. The van der Waals surface area contributed by atoms with Gasteiger partial charge < -0.3 is 40.3 Å². The highest BCUT2D eigenvalue weighted by molar-refractivity contribution is 5.76. The topological polar surface area (TPSA) is 149 Å². The Hall–Kier alpha value is -4.45. The zero-order valence-corrected chi connectivity index (χ0v) is 46.5. The molecule has 6 N–H and O–H groups in total. The highest BCUT2D eigenvalue weighted by atomic mass is 16.7. The molecule has 0 aromatic rings. The van der Waals surface area contributed by atoms with E-state index in [2.05, 4.69) is 177 Å². The van der Waals surface area contributed by atoms with Crippen LogP contribution < -0.4 is 5.32 Å². The van der Waals surface area contributed by atoms with E-state index in [1.165, 1.54) is 19.3 Å². The maximum absolute atomic E-state index is 13.0. The largest absolute Gasteiger partial charge is 0.394 e. The van der Waals surface area contributed by atoms with Crippen molar-refractivity contribution in [2.45, 2.75) is 224 Å². The predicted octanol–water partition coefficient (Wildman–Crippen LogP) is 14.6. The van der Waals surface area contributed by atoms with Crippen molar-refractivity contribution in [1.29, 1.82) is 0 Å². The minimum atomic E-state index is -1.59. The summed E-state index contributed by atoms with van der Waals surface area (Å²) >= 11 is 0. The molecule has 1 fully saturated rings. The normalized spacial score (nSPS) is 20.2. The number of hydrogen-bond acceptors (Lipinski definition) is 8. The summed E-state index contributed by atoms with van der Waals surface area (Å²) in [6.45, 7) is 3.52. The molecule has 420 valence electrons. The van der Waals surface area contributed by atoms with Gasteiger partial charge >= 0.3 is 0 Å². The van der Waals surface area contributed by atoms with Crippen LogP contribution in [-0.2, 0) is 14.3 Å². The maximum Gasteiger partial charge on any atom is 0.220 e. The highest BCUT2D eigenvalue weighted by Crippen LogP contribution is 2.22. The lowest BCUT2D eigenvalue weighted by Crippen LogP contribution is -2.60. The zero-order chi connectivity index (χ0) is 54.3. The fourth-order valence-corrected chi connectivity index (χ4v) is 7.73. The van der Waals surface area contributed by atoms with Crippen LogP contribution in [0.4, 0.5) is 0 Å². The van der Waals surface area contributed by atoms with Crippen molar-refractivity contribution in [1.82, 2.24) is 5.32 Å². The summed E-state index contributed by atoms with van der Waals surface area (Å²) in [6.07, 6.45) is 78.6. The number of unbranched alkanes of at least 4 members (excludes halogenated alkanes) is 10. The number of aliphatic hydroxyl groups excluding tert-OH is 5. The van der Waals surface area contributed by atoms with Gasteiger partial charge in [0.2, 0.25) is 5.91 Å². The molecule has 1 aliphatic heterocycles. The fourth-order valence-electron chi connectivity index (χ4n) is 7.73. The SMILES string of the molecule is CC/C=C\C/C=C\C/C=C\C/C=C\C/C=C\C/C=C\C/C=C\C/C=C\C/C=C\C/C=C\C/C=C\CCCCCCCCCC(=O)NC(COC1OC(CO)C(O)C(O)C1O)C(O)/C=C/CC/C=C/CC/C=C/CCC. The average molecular weight is 1040 g/mol. The van der Waals surface area contributed by atoms with Crippen molar-refractivity contribution in [3.8, 4) is 0 Å². The number of allylic oxidation sites excluding steroid dienone is 27. The van der Waals surface area contributed by atoms with Crippen LogP contribution in [0.2, 0.25) is 0 Å². The van der Waals surface area contributed by atoms with Gasteiger partial charge in [-0.3, -0.25) is 4.79 Å². The first-order valence-corrected chi connectivity index (χ1v) is 28.9. The Morgan fingerprint density at radius 1 is 0.467 bits per heavy atom. The van der Waals surface area contributed by atoms with E-state index in [4.69, 9.17) is 9.47 Å². The van der Waals surface area contributed by atoms with Crippen molar-refractivity contribution >= 4 is 5.91 Å². The summed E-state index contributed by atoms with van der Waals surface area (Å²) in [5.74, 6) is -0.213. The smallest absolute Gasteiger partial charge is 0.220 e. The number of amides is 1. The quantitative estimate of drug-likeness (QED) is 0.0261. The van der Waals surface area contributed by atoms with Crippen LogP contribution >= 0.6 is 0 Å². The van der Waals surface area contributed by atoms with E-state index < -0.39 is 49.5 Å². The molecule has 0 saturated carbocycles. The first-order chi connectivity index (χ1) is 36.8. The van der Waals surface area contributed by atoms with Crippen LogP contribution in [0.15, 0.2) is 170 Å². The monoisotopic (exact) mass is 1040 g/mol. The molecule has 0 bridgehead atoms. The predicted molar refractivity (Wildman–Crippen MR) is 317 cm³/mol. The molecule has 9 nitrogen and oxygen atoms in total. The van der Waals surface area contributed by atoms with Gasteiger partial charge in [-0.15, -0.1) is 0 Å². The minimum Gasteiger partial charge on any atom is -0.394 e. The number of rotatable bonds is 46. The zero-order valence-electron chi connectivity index (χ0n) is 46.5. The first kappa shape index (κ1) is 68.6. The van der Waals surface area contributed by atoms with Gasteiger partial charge in [0, 0.05) is 6.42 Å². The molecule has 1 heterocycles. The van der Waals surface area contributed by atoms with Crippen LogP contribution in [-0.4, -0.2) is 87.5 Å². The van der Waals surface area contributed by atoms with Gasteiger partial charge in [-0.25, -0.2) is 0 Å². The summed E-state index contributed by atoms with van der Waals surface area (Å²) in [4.78, 5) is 13.0. The third-order valence-electron chi connectivity index (χ3n) is 12.2. The second-order valence-corrected chi connectivity index (χ2v) is 19.0. The lowest BCUT2D eigenvalue weighted by Gasteiger charge is -2.40. The van der Waals surface area contributed by atoms with E-state index in [-0.39, 0.29) is 12.5 Å². The van der Waals surface area contributed by atoms with Crippen LogP contribution in [0.1, 0.15) is 181 Å². The standard InChI is InChI=1S/C66H103NO8/c1-3-5-7-9-11-13-15-16-17-18-19-20-21-22-23-24-25-26-27-28-29-30-31-32-33-34-35-36-37-38-39-40-41-42-43-44-46-48-50-52-54-56-62(70)67-59(58-74-66-65(73)64(72)63(71)61(57-68)75-66)60(69)55-53-51-49-47-45-14-12-10-8-6-4-2/h5,7-8,10-11,13,16-17,19-20,22-23,25-26,28-29,31-32,34-35,37-38,40-41,45,47,53,55,59-61,63-66,68-69,71-73H,3-4,6,9,12,14-15,18,21,24,27,30,33,36,39,42-44,46,48-52,54,56-58H2,1-2H3,(H,67,70)/b7-5-,10-8+,13-11-,17-16-,20-19-,23-22-,26-25-,29-28-,32-31-,35-34-,38-37-,41-40-,47-45+,55-53+. The van der Waals surface area contributed by atoms with E-state index in [0.29, 0.717) is 12.8 Å². The molecular formula is C66H103NO8. The van der Waals surface area contributed by atoms with Gasteiger partial charge in [0.05, 0.1) is 25.4 Å². The maximum atomic E-state index is 13.0. The van der Waals surface area contributed by atoms with Crippen molar-refractivity contribution in [2.24, 2.45) is 0 Å². The van der Waals surface area contributed by atoms with E-state index >= 15 is 0 Å². The molecule has 0 spiro atoms.